The maximum Gasteiger partial charge on any atom is 0.411 e. The van der Waals surface area contributed by atoms with Gasteiger partial charge in [0.15, 0.2) is 0 Å². The lowest BCUT2D eigenvalue weighted by Gasteiger charge is -2.43. The van der Waals surface area contributed by atoms with Crippen LogP contribution < -0.4 is 5.32 Å². The zero-order valence-corrected chi connectivity index (χ0v) is 19.7. The normalized spacial score (nSPS) is 28.5. The number of ether oxygens (including phenoxy) is 1. The van der Waals surface area contributed by atoms with E-state index in [-0.39, 0.29) is 30.4 Å². The summed E-state index contributed by atoms with van der Waals surface area (Å²) in [6.07, 6.45) is -1.72. The molecule has 1 spiro atoms. The van der Waals surface area contributed by atoms with Crippen LogP contribution in [0.2, 0.25) is 0 Å². The van der Waals surface area contributed by atoms with E-state index in [0.29, 0.717) is 57.9 Å². The van der Waals surface area contributed by atoms with E-state index in [4.69, 9.17) is 0 Å². The van der Waals surface area contributed by atoms with E-state index < -0.39 is 24.4 Å². The summed E-state index contributed by atoms with van der Waals surface area (Å²) in [5, 5.41) is 2.89. The first-order chi connectivity index (χ1) is 15.3. The van der Waals surface area contributed by atoms with Crippen molar-refractivity contribution in [2.24, 2.45) is 11.3 Å². The number of carbonyl (C=O) groups excluding carboxylic acids is 3. The molecule has 2 unspecified atom stereocenters. The van der Waals surface area contributed by atoms with Crippen LogP contribution in [-0.2, 0) is 14.3 Å². The highest BCUT2D eigenvalue weighted by Gasteiger charge is 2.56. The Balaban J connectivity index is 1.45. The number of hydrogen-bond acceptors (Lipinski definition) is 5. The monoisotopic (exact) mass is 476 g/mol. The average molecular weight is 477 g/mol. The summed E-state index contributed by atoms with van der Waals surface area (Å²) in [7, 11) is 0. The van der Waals surface area contributed by atoms with Crippen LogP contribution >= 0.6 is 0 Å². The second-order valence-electron chi connectivity index (χ2n) is 10.5. The maximum atomic E-state index is 13.2. The van der Waals surface area contributed by atoms with Crippen molar-refractivity contribution in [3.63, 3.8) is 0 Å². The van der Waals surface area contributed by atoms with Crippen LogP contribution in [0.15, 0.2) is 0 Å². The number of rotatable bonds is 7. The van der Waals surface area contributed by atoms with Gasteiger partial charge in [0.05, 0.1) is 0 Å². The van der Waals surface area contributed by atoms with E-state index in [1.165, 1.54) is 0 Å². The van der Waals surface area contributed by atoms with Crippen LogP contribution in [0.4, 0.5) is 18.0 Å². The molecule has 2 saturated heterocycles. The van der Waals surface area contributed by atoms with Crippen molar-refractivity contribution >= 4 is 17.8 Å². The number of halogens is 3. The van der Waals surface area contributed by atoms with Crippen molar-refractivity contribution in [1.82, 2.24) is 20.0 Å². The summed E-state index contributed by atoms with van der Waals surface area (Å²) >= 11 is 0. The summed E-state index contributed by atoms with van der Waals surface area (Å²) < 4.78 is 40.9. The number of hydrogen-bond donors (Lipinski definition) is 1. The molecule has 2 heterocycles. The molecule has 11 heteroatoms. The molecule has 4 amide bonds. The lowest BCUT2D eigenvalue weighted by molar-refractivity contribution is -0.174. The second-order valence-corrected chi connectivity index (χ2v) is 10.5. The molecular weight excluding hydrogens is 441 g/mol. The van der Waals surface area contributed by atoms with Crippen molar-refractivity contribution in [1.29, 1.82) is 0 Å². The van der Waals surface area contributed by atoms with Gasteiger partial charge in [-0.25, -0.2) is 4.79 Å². The largest absolute Gasteiger partial charge is 0.411 e. The Morgan fingerprint density at radius 3 is 2.42 bits per heavy atom. The topological polar surface area (TPSA) is 82.2 Å². The highest BCUT2D eigenvalue weighted by atomic mass is 19.4. The zero-order valence-electron chi connectivity index (χ0n) is 19.7. The molecule has 3 aliphatic rings. The van der Waals surface area contributed by atoms with Gasteiger partial charge < -0.3 is 15.0 Å². The summed E-state index contributed by atoms with van der Waals surface area (Å²) in [5.74, 6) is -0.287. The average Bonchev–Trinajstić information content (AvgIpc) is 2.89. The molecule has 33 heavy (non-hydrogen) atoms. The molecule has 1 N–H and O–H groups in total. The Bertz CT molecular complexity index is 752. The van der Waals surface area contributed by atoms with Gasteiger partial charge in [-0.1, -0.05) is 20.8 Å². The summed E-state index contributed by atoms with van der Waals surface area (Å²) in [6, 6.07) is -0.504. The Labute approximate surface area is 192 Å². The molecule has 3 fully saturated rings. The molecule has 0 radical (unpaired) electrons. The van der Waals surface area contributed by atoms with Crippen molar-refractivity contribution < 1.29 is 32.3 Å². The van der Waals surface area contributed by atoms with Crippen LogP contribution in [0, 0.1) is 11.3 Å². The van der Waals surface area contributed by atoms with Crippen LogP contribution in [-0.4, -0.2) is 96.7 Å². The predicted octanol–water partition coefficient (Wildman–Crippen LogP) is 2.24. The molecule has 8 nitrogen and oxygen atoms in total. The first-order valence-electron chi connectivity index (χ1n) is 11.6. The summed E-state index contributed by atoms with van der Waals surface area (Å²) in [6.45, 7) is 7.44. The Kier molecular flexibility index (Phi) is 7.62. The highest BCUT2D eigenvalue weighted by molar-refractivity contribution is 6.09. The third-order valence-electron chi connectivity index (χ3n) is 6.67. The number of urea groups is 1. The lowest BCUT2D eigenvalue weighted by Crippen LogP contribution is -2.55. The van der Waals surface area contributed by atoms with Gasteiger partial charge in [0.2, 0.25) is 5.91 Å². The number of alkyl halides is 3. The standard InChI is InChI=1S/C22H35F3N4O4/c1-16-11-20(2,3)14-21(12-16)18(31)29(19(32)26-21)13-17(30)28-8-6-27(7-9-28)5-4-10-33-15-22(23,24)25/h16H,4-15H2,1-3H3,(H,26,32). The first kappa shape index (κ1) is 25.7. The predicted molar refractivity (Wildman–Crippen MR) is 114 cm³/mol. The zero-order chi connectivity index (χ0) is 24.4. The van der Waals surface area contributed by atoms with Gasteiger partial charge in [-0.05, 0) is 37.0 Å². The lowest BCUT2D eigenvalue weighted by atomic mass is 9.64. The number of carbonyl (C=O) groups is 3. The van der Waals surface area contributed by atoms with Crippen LogP contribution in [0.5, 0.6) is 0 Å². The minimum absolute atomic E-state index is 0.0298. The molecular formula is C22H35F3N4O4. The fourth-order valence-electron chi connectivity index (χ4n) is 5.68. The molecule has 1 aliphatic carbocycles. The number of amides is 4. The van der Waals surface area contributed by atoms with E-state index in [1.54, 1.807) is 4.90 Å². The van der Waals surface area contributed by atoms with E-state index in [1.807, 2.05) is 0 Å². The fraction of sp³-hybridized carbons (Fsp3) is 0.864. The van der Waals surface area contributed by atoms with Crippen molar-refractivity contribution in [3.05, 3.63) is 0 Å². The van der Waals surface area contributed by atoms with Gasteiger partial charge in [0.1, 0.15) is 18.7 Å². The molecule has 0 aromatic heterocycles. The van der Waals surface area contributed by atoms with Crippen LogP contribution in [0.3, 0.4) is 0 Å². The van der Waals surface area contributed by atoms with Gasteiger partial charge in [-0.15, -0.1) is 0 Å². The third-order valence-corrected chi connectivity index (χ3v) is 6.67. The molecule has 0 bridgehead atoms. The van der Waals surface area contributed by atoms with Crippen molar-refractivity contribution in [2.75, 3.05) is 52.5 Å². The van der Waals surface area contributed by atoms with E-state index in [0.717, 1.165) is 11.3 Å². The van der Waals surface area contributed by atoms with Crippen molar-refractivity contribution in [3.8, 4) is 0 Å². The van der Waals surface area contributed by atoms with Gasteiger partial charge in [-0.2, -0.15) is 13.2 Å². The minimum atomic E-state index is -4.31. The van der Waals surface area contributed by atoms with Gasteiger partial charge in [0, 0.05) is 39.3 Å². The summed E-state index contributed by atoms with van der Waals surface area (Å²) in [5.41, 5.74) is -1.000. The molecule has 0 aromatic carbocycles. The number of nitrogens with zero attached hydrogens (tertiary/aromatic N) is 3. The smallest absolute Gasteiger partial charge is 0.372 e. The maximum absolute atomic E-state index is 13.2. The fourth-order valence-corrected chi connectivity index (χ4v) is 5.68. The van der Waals surface area contributed by atoms with Crippen LogP contribution in [0.25, 0.3) is 0 Å². The molecule has 2 aliphatic heterocycles. The molecule has 188 valence electrons. The third kappa shape index (κ3) is 6.59. The second kappa shape index (κ2) is 9.77. The molecule has 2 atom stereocenters. The SMILES string of the molecule is CC1CC(C)(C)CC2(C1)NC(=O)N(CC(=O)N1CCN(CCCOCC(F)(F)F)CC1)C2=O. The quantitative estimate of drug-likeness (QED) is 0.450. The number of imide groups is 1. The van der Waals surface area contributed by atoms with E-state index in [9.17, 15) is 27.6 Å². The minimum Gasteiger partial charge on any atom is -0.372 e. The highest BCUT2D eigenvalue weighted by Crippen LogP contribution is 2.46. The van der Waals surface area contributed by atoms with Crippen molar-refractivity contribution in [2.45, 2.75) is 58.2 Å². The van der Waals surface area contributed by atoms with E-state index in [2.05, 4.69) is 35.7 Å². The summed E-state index contributed by atoms with van der Waals surface area (Å²) in [4.78, 5) is 43.4. The van der Waals surface area contributed by atoms with E-state index >= 15 is 0 Å². The number of piperazine rings is 1. The Hall–Kier alpha value is -1.88. The molecule has 0 aromatic rings. The Morgan fingerprint density at radius 2 is 1.82 bits per heavy atom. The van der Waals surface area contributed by atoms with Gasteiger partial charge >= 0.3 is 12.2 Å². The molecule has 1 saturated carbocycles. The Morgan fingerprint density at radius 1 is 1.15 bits per heavy atom. The van der Waals surface area contributed by atoms with Gasteiger partial charge in [0.25, 0.3) is 5.91 Å². The van der Waals surface area contributed by atoms with Crippen LogP contribution in [0.1, 0.15) is 46.5 Å². The number of nitrogens with one attached hydrogen (secondary N) is 1. The van der Waals surface area contributed by atoms with Gasteiger partial charge in [-0.3, -0.25) is 19.4 Å². The molecule has 3 rings (SSSR count). The first-order valence-corrected chi connectivity index (χ1v) is 11.6.